The molecule has 164 valence electrons. The molecule has 0 saturated heterocycles. The van der Waals surface area contributed by atoms with Gasteiger partial charge in [-0.3, -0.25) is 9.52 Å². The molecule has 0 fully saturated rings. The van der Waals surface area contributed by atoms with Crippen LogP contribution in [0.25, 0.3) is 11.0 Å². The molecule has 32 heavy (non-hydrogen) atoms. The summed E-state index contributed by atoms with van der Waals surface area (Å²) in [6, 6.07) is 18.2. The lowest BCUT2D eigenvalue weighted by Gasteiger charge is -2.12. The topological polar surface area (TPSA) is 81.1 Å². The van der Waals surface area contributed by atoms with Gasteiger partial charge in [0.2, 0.25) is 0 Å². The van der Waals surface area contributed by atoms with E-state index in [2.05, 4.69) is 9.71 Å². The zero-order valence-corrected chi connectivity index (χ0v) is 19.1. The van der Waals surface area contributed by atoms with Crippen molar-refractivity contribution < 1.29 is 13.2 Å². The first kappa shape index (κ1) is 21.8. The van der Waals surface area contributed by atoms with Crippen LogP contribution in [0.2, 0.25) is 0 Å². The van der Waals surface area contributed by atoms with E-state index in [-0.39, 0.29) is 17.1 Å². The first-order valence-corrected chi connectivity index (χ1v) is 11.8. The molecular weight excluding hydrogens is 422 g/mol. The van der Waals surface area contributed by atoms with E-state index in [4.69, 9.17) is 0 Å². The molecule has 0 aliphatic rings. The van der Waals surface area contributed by atoms with Crippen LogP contribution in [0.15, 0.2) is 71.9 Å². The number of aryl methyl sites for hydroxylation is 3. The summed E-state index contributed by atoms with van der Waals surface area (Å²) in [7, 11) is -1.94. The van der Waals surface area contributed by atoms with Crippen LogP contribution in [0.5, 0.6) is 0 Å². The molecule has 0 spiro atoms. The maximum Gasteiger partial charge on any atom is 0.262 e. The van der Waals surface area contributed by atoms with Crippen LogP contribution >= 0.6 is 0 Å². The Kier molecular flexibility index (Phi) is 5.84. The SMILES string of the molecule is Cc1cccc(CC(=O)Cc2ccc(C)c(S(=O)(=O)Nc3ccc4c(c3)ncn4C)c2)c1. The van der Waals surface area contributed by atoms with E-state index in [0.29, 0.717) is 28.8 Å². The highest BCUT2D eigenvalue weighted by atomic mass is 32.2. The quantitative estimate of drug-likeness (QED) is 0.457. The molecular formula is C25H25N3O3S. The molecule has 0 saturated carbocycles. The molecule has 0 aliphatic carbocycles. The zero-order valence-electron chi connectivity index (χ0n) is 18.3. The minimum absolute atomic E-state index is 0.0383. The van der Waals surface area contributed by atoms with E-state index >= 15 is 0 Å². The average Bonchev–Trinajstić information content (AvgIpc) is 3.09. The van der Waals surface area contributed by atoms with Gasteiger partial charge in [0, 0.05) is 19.9 Å². The Morgan fingerprint density at radius 2 is 1.72 bits per heavy atom. The van der Waals surface area contributed by atoms with E-state index in [9.17, 15) is 13.2 Å². The smallest absolute Gasteiger partial charge is 0.262 e. The van der Waals surface area contributed by atoms with Gasteiger partial charge in [0.25, 0.3) is 10.0 Å². The Morgan fingerprint density at radius 1 is 0.969 bits per heavy atom. The second-order valence-electron chi connectivity index (χ2n) is 8.15. The van der Waals surface area contributed by atoms with Crippen molar-refractivity contribution >= 4 is 32.5 Å². The first-order chi connectivity index (χ1) is 15.2. The van der Waals surface area contributed by atoms with Crippen LogP contribution in [0.3, 0.4) is 0 Å². The fourth-order valence-electron chi connectivity index (χ4n) is 3.79. The summed E-state index contributed by atoms with van der Waals surface area (Å²) in [6.07, 6.45) is 2.18. The molecule has 4 aromatic rings. The Bertz CT molecular complexity index is 1420. The van der Waals surface area contributed by atoms with Crippen LogP contribution in [-0.4, -0.2) is 23.8 Å². The first-order valence-electron chi connectivity index (χ1n) is 10.3. The summed E-state index contributed by atoms with van der Waals surface area (Å²) in [5.74, 6) is 0.0383. The molecule has 0 amide bonds. The fraction of sp³-hybridized carbons (Fsp3) is 0.200. The lowest BCUT2D eigenvalue weighted by molar-refractivity contribution is -0.117. The van der Waals surface area contributed by atoms with Crippen molar-refractivity contribution in [1.29, 1.82) is 0 Å². The van der Waals surface area contributed by atoms with Gasteiger partial charge in [-0.1, -0.05) is 42.0 Å². The number of hydrogen-bond acceptors (Lipinski definition) is 4. The van der Waals surface area contributed by atoms with Crippen molar-refractivity contribution in [2.75, 3.05) is 4.72 Å². The molecule has 1 aromatic heterocycles. The number of hydrogen-bond donors (Lipinski definition) is 1. The summed E-state index contributed by atoms with van der Waals surface area (Å²) in [5.41, 5.74) is 5.42. The van der Waals surface area contributed by atoms with Gasteiger partial charge in [0.05, 0.1) is 27.9 Å². The Labute approximate surface area is 188 Å². The maximum atomic E-state index is 13.1. The molecule has 1 heterocycles. The van der Waals surface area contributed by atoms with Crippen LogP contribution in [-0.2, 0) is 34.7 Å². The third-order valence-electron chi connectivity index (χ3n) is 5.40. The highest BCUT2D eigenvalue weighted by Gasteiger charge is 2.19. The number of imidazole rings is 1. The highest BCUT2D eigenvalue weighted by molar-refractivity contribution is 7.92. The number of carbonyl (C=O) groups excluding carboxylic acids is 1. The molecule has 1 N–H and O–H groups in total. The molecule has 3 aromatic carbocycles. The molecule has 0 aliphatic heterocycles. The van der Waals surface area contributed by atoms with Crippen molar-refractivity contribution in [1.82, 2.24) is 9.55 Å². The van der Waals surface area contributed by atoms with E-state index in [1.807, 2.05) is 54.9 Å². The molecule has 0 bridgehead atoms. The largest absolute Gasteiger partial charge is 0.334 e. The van der Waals surface area contributed by atoms with Crippen molar-refractivity contribution in [3.05, 3.63) is 89.2 Å². The van der Waals surface area contributed by atoms with Crippen LogP contribution < -0.4 is 4.72 Å². The van der Waals surface area contributed by atoms with Gasteiger partial charge in [0.15, 0.2) is 0 Å². The number of rotatable bonds is 7. The predicted molar refractivity (Wildman–Crippen MR) is 126 cm³/mol. The molecule has 7 heteroatoms. The minimum Gasteiger partial charge on any atom is -0.334 e. The standard InChI is InChI=1S/C25H25N3O3S/c1-17-5-4-6-19(11-17)12-22(29)13-20-8-7-18(2)25(14-20)32(30,31)27-21-9-10-24-23(15-21)26-16-28(24)3/h4-11,14-16,27H,12-13H2,1-3H3. The summed E-state index contributed by atoms with van der Waals surface area (Å²) in [5, 5.41) is 0. The van der Waals surface area contributed by atoms with Gasteiger partial charge in [-0.15, -0.1) is 0 Å². The van der Waals surface area contributed by atoms with E-state index in [1.54, 1.807) is 37.5 Å². The zero-order chi connectivity index (χ0) is 22.9. The summed E-state index contributed by atoms with van der Waals surface area (Å²) < 4.78 is 30.7. The fourth-order valence-corrected chi connectivity index (χ4v) is 5.14. The van der Waals surface area contributed by atoms with Gasteiger partial charge in [0.1, 0.15) is 5.78 Å². The van der Waals surface area contributed by atoms with Gasteiger partial charge < -0.3 is 4.57 Å². The number of nitrogens with zero attached hydrogens (tertiary/aromatic N) is 2. The maximum absolute atomic E-state index is 13.1. The molecule has 0 atom stereocenters. The Hall–Kier alpha value is -3.45. The van der Waals surface area contributed by atoms with Gasteiger partial charge >= 0.3 is 0 Å². The van der Waals surface area contributed by atoms with Crippen LogP contribution in [0.1, 0.15) is 22.3 Å². The number of anilines is 1. The number of ketones is 1. The lowest BCUT2D eigenvalue weighted by atomic mass is 10.0. The van der Waals surface area contributed by atoms with Crippen molar-refractivity contribution in [3.63, 3.8) is 0 Å². The Balaban J connectivity index is 1.54. The third-order valence-corrected chi connectivity index (χ3v) is 6.93. The Morgan fingerprint density at radius 3 is 2.47 bits per heavy atom. The summed E-state index contributed by atoms with van der Waals surface area (Å²) in [4.78, 5) is 17.0. The van der Waals surface area contributed by atoms with E-state index in [1.165, 1.54) is 0 Å². The van der Waals surface area contributed by atoms with Crippen molar-refractivity contribution in [3.8, 4) is 0 Å². The minimum atomic E-state index is -3.82. The van der Waals surface area contributed by atoms with E-state index in [0.717, 1.165) is 16.6 Å². The number of benzene rings is 3. The normalized spacial score (nSPS) is 11.6. The average molecular weight is 448 g/mol. The van der Waals surface area contributed by atoms with Gasteiger partial charge in [-0.25, -0.2) is 13.4 Å². The van der Waals surface area contributed by atoms with Gasteiger partial charge in [-0.05, 0) is 54.8 Å². The number of fused-ring (bicyclic) bond motifs is 1. The second kappa shape index (κ2) is 8.59. The van der Waals surface area contributed by atoms with Crippen LogP contribution in [0.4, 0.5) is 5.69 Å². The monoisotopic (exact) mass is 447 g/mol. The number of carbonyl (C=O) groups is 1. The number of aromatic nitrogens is 2. The van der Waals surface area contributed by atoms with Gasteiger partial charge in [-0.2, -0.15) is 0 Å². The predicted octanol–water partition coefficient (Wildman–Crippen LogP) is 4.35. The van der Waals surface area contributed by atoms with Crippen molar-refractivity contribution in [2.24, 2.45) is 7.05 Å². The molecule has 0 radical (unpaired) electrons. The summed E-state index contributed by atoms with van der Waals surface area (Å²) in [6.45, 7) is 3.73. The lowest BCUT2D eigenvalue weighted by Crippen LogP contribution is -2.15. The number of Topliss-reactive ketones (excluding diaryl/α,β-unsaturated/α-hetero) is 1. The molecule has 0 unspecified atom stereocenters. The molecule has 6 nitrogen and oxygen atoms in total. The molecule has 4 rings (SSSR count). The number of nitrogens with one attached hydrogen (secondary N) is 1. The van der Waals surface area contributed by atoms with Crippen LogP contribution in [0, 0.1) is 13.8 Å². The van der Waals surface area contributed by atoms with E-state index < -0.39 is 10.0 Å². The summed E-state index contributed by atoms with van der Waals surface area (Å²) >= 11 is 0. The second-order valence-corrected chi connectivity index (χ2v) is 9.80. The highest BCUT2D eigenvalue weighted by Crippen LogP contribution is 2.24. The van der Waals surface area contributed by atoms with Crippen molar-refractivity contribution in [2.45, 2.75) is 31.6 Å². The third kappa shape index (κ3) is 4.73. The number of sulfonamides is 1.